The third kappa shape index (κ3) is 4.46. The number of benzene rings is 2. The molecular formula is C26H27NO4. The van der Waals surface area contributed by atoms with Crippen molar-refractivity contribution in [1.82, 2.24) is 0 Å². The molecular weight excluding hydrogens is 390 g/mol. The van der Waals surface area contributed by atoms with E-state index in [9.17, 15) is 9.59 Å². The molecule has 0 aromatic heterocycles. The molecule has 1 aliphatic carbocycles. The van der Waals surface area contributed by atoms with Gasteiger partial charge >= 0.3 is 5.97 Å². The van der Waals surface area contributed by atoms with Crippen LogP contribution in [0.25, 0.3) is 0 Å². The van der Waals surface area contributed by atoms with Gasteiger partial charge in [0.1, 0.15) is 17.4 Å². The van der Waals surface area contributed by atoms with Crippen LogP contribution in [0, 0.1) is 5.92 Å². The number of para-hydroxylation sites is 1. The molecule has 0 bridgehead atoms. The molecule has 2 atom stereocenters. The average Bonchev–Trinajstić information content (AvgIpc) is 2.77. The van der Waals surface area contributed by atoms with Gasteiger partial charge < -0.3 is 9.47 Å². The number of esters is 1. The van der Waals surface area contributed by atoms with Gasteiger partial charge in [-0.1, -0.05) is 37.3 Å². The Kier molecular flexibility index (Phi) is 6.31. The summed E-state index contributed by atoms with van der Waals surface area (Å²) in [5, 5.41) is 0. The van der Waals surface area contributed by atoms with Gasteiger partial charge in [-0.05, 0) is 56.0 Å². The second-order valence-electron chi connectivity index (χ2n) is 8.00. The van der Waals surface area contributed by atoms with Gasteiger partial charge in [-0.15, -0.1) is 0 Å². The van der Waals surface area contributed by atoms with Crippen molar-refractivity contribution in [2.75, 3.05) is 6.61 Å². The number of rotatable bonds is 6. The quantitative estimate of drug-likeness (QED) is 0.573. The summed E-state index contributed by atoms with van der Waals surface area (Å²) in [6, 6.07) is 17.2. The normalized spacial score (nSPS) is 20.7. The van der Waals surface area contributed by atoms with E-state index in [-0.39, 0.29) is 11.8 Å². The van der Waals surface area contributed by atoms with Crippen molar-refractivity contribution in [1.29, 1.82) is 0 Å². The average molecular weight is 418 g/mol. The monoisotopic (exact) mass is 417 g/mol. The molecule has 1 unspecified atom stereocenters. The molecule has 2 aromatic carbocycles. The molecule has 0 fully saturated rings. The predicted molar refractivity (Wildman–Crippen MR) is 119 cm³/mol. The number of Topliss-reactive ketones (excluding diaryl/α,β-unsaturated/α-hetero) is 1. The second kappa shape index (κ2) is 9.29. The topological polar surface area (TPSA) is 65.0 Å². The van der Waals surface area contributed by atoms with E-state index in [4.69, 9.17) is 9.47 Å². The highest BCUT2D eigenvalue weighted by atomic mass is 16.5. The van der Waals surface area contributed by atoms with E-state index in [2.05, 4.69) is 4.99 Å². The lowest BCUT2D eigenvalue weighted by Gasteiger charge is -2.34. The van der Waals surface area contributed by atoms with Crippen LogP contribution in [0.15, 0.2) is 70.9 Å². The number of hydrogen-bond donors (Lipinski definition) is 0. The van der Waals surface area contributed by atoms with Crippen LogP contribution in [-0.4, -0.2) is 24.1 Å². The first-order chi connectivity index (χ1) is 15.1. The molecule has 0 saturated carbocycles. The summed E-state index contributed by atoms with van der Waals surface area (Å²) in [6.45, 7) is 4.17. The van der Waals surface area contributed by atoms with Crippen LogP contribution in [0.1, 0.15) is 51.0 Å². The van der Waals surface area contributed by atoms with E-state index in [1.165, 1.54) is 0 Å². The number of hydrogen-bond acceptors (Lipinski definition) is 5. The minimum atomic E-state index is -0.612. The Bertz CT molecular complexity index is 1040. The van der Waals surface area contributed by atoms with E-state index in [0.29, 0.717) is 30.1 Å². The first-order valence-corrected chi connectivity index (χ1v) is 10.9. The van der Waals surface area contributed by atoms with Crippen molar-refractivity contribution in [2.45, 2.75) is 45.4 Å². The highest BCUT2D eigenvalue weighted by Gasteiger charge is 2.43. The fourth-order valence-corrected chi connectivity index (χ4v) is 4.36. The van der Waals surface area contributed by atoms with Crippen LogP contribution in [0.5, 0.6) is 11.5 Å². The molecule has 0 N–H and O–H groups in total. The summed E-state index contributed by atoms with van der Waals surface area (Å²) in [5.41, 5.74) is 3.04. The molecule has 2 aromatic rings. The fraction of sp³-hybridized carbons (Fsp3) is 0.346. The summed E-state index contributed by atoms with van der Waals surface area (Å²) in [7, 11) is 0. The van der Waals surface area contributed by atoms with E-state index < -0.39 is 11.8 Å². The molecule has 2 aliphatic rings. The number of ether oxygens (including phenoxy) is 2. The van der Waals surface area contributed by atoms with Gasteiger partial charge in [-0.25, -0.2) is 0 Å². The molecule has 0 spiro atoms. The molecule has 160 valence electrons. The van der Waals surface area contributed by atoms with E-state index in [0.717, 1.165) is 36.3 Å². The Morgan fingerprint density at radius 3 is 2.61 bits per heavy atom. The van der Waals surface area contributed by atoms with Gasteiger partial charge in [0.15, 0.2) is 5.78 Å². The molecule has 1 heterocycles. The predicted octanol–water partition coefficient (Wildman–Crippen LogP) is 5.61. The third-order valence-corrected chi connectivity index (χ3v) is 5.73. The minimum absolute atomic E-state index is 0.0742. The zero-order chi connectivity index (χ0) is 21.8. The van der Waals surface area contributed by atoms with Crippen LogP contribution < -0.4 is 4.74 Å². The van der Waals surface area contributed by atoms with Crippen LogP contribution in [-0.2, 0) is 14.3 Å². The van der Waals surface area contributed by atoms with Crippen molar-refractivity contribution >= 4 is 17.5 Å². The molecule has 1 aliphatic heterocycles. The summed E-state index contributed by atoms with van der Waals surface area (Å²) >= 11 is 0. The first kappa shape index (κ1) is 21.0. The molecule has 0 saturated heterocycles. The number of allylic oxidation sites excluding steroid dienone is 2. The summed E-state index contributed by atoms with van der Waals surface area (Å²) < 4.78 is 11.5. The lowest BCUT2D eigenvalue weighted by Crippen LogP contribution is -2.37. The molecule has 5 nitrogen and oxygen atoms in total. The van der Waals surface area contributed by atoms with Crippen molar-refractivity contribution in [3.63, 3.8) is 0 Å². The lowest BCUT2D eigenvalue weighted by molar-refractivity contribution is -0.146. The zero-order valence-electron chi connectivity index (χ0n) is 18.0. The standard InChI is InChI=1S/C26H27NO4/c1-3-15-30-26(29)23-17(2)27-21-13-8-14-22(28)25(21)24(23)18-9-7-12-20(16-18)31-19-10-5-4-6-11-19/h4-7,9-12,16,23-24H,3,8,13-15H2,1-2H3/t23?,24-/m1/s1. The van der Waals surface area contributed by atoms with Crippen LogP contribution in [0.3, 0.4) is 0 Å². The maximum absolute atomic E-state index is 13.0. The molecule has 31 heavy (non-hydrogen) atoms. The minimum Gasteiger partial charge on any atom is -0.465 e. The molecule has 5 heteroatoms. The number of aliphatic imine (C=N–C) groups is 1. The largest absolute Gasteiger partial charge is 0.465 e. The number of carbonyl (C=O) groups is 2. The van der Waals surface area contributed by atoms with Crippen LogP contribution in [0.2, 0.25) is 0 Å². The Hall–Kier alpha value is -3.21. The first-order valence-electron chi connectivity index (χ1n) is 10.9. The molecule has 4 rings (SSSR count). The highest BCUT2D eigenvalue weighted by molar-refractivity contribution is 6.08. The number of nitrogens with zero attached hydrogens (tertiary/aromatic N) is 1. The van der Waals surface area contributed by atoms with Crippen LogP contribution in [0.4, 0.5) is 0 Å². The lowest BCUT2D eigenvalue weighted by atomic mass is 9.71. The fourth-order valence-electron chi connectivity index (χ4n) is 4.36. The molecule has 0 amide bonds. The van der Waals surface area contributed by atoms with Gasteiger partial charge in [0, 0.05) is 29.3 Å². The van der Waals surface area contributed by atoms with E-state index in [1.54, 1.807) is 0 Å². The second-order valence-corrected chi connectivity index (χ2v) is 8.00. The van der Waals surface area contributed by atoms with Crippen LogP contribution >= 0.6 is 0 Å². The number of ketones is 1. The highest BCUT2D eigenvalue weighted by Crippen LogP contribution is 2.44. The number of carbonyl (C=O) groups excluding carboxylic acids is 2. The Morgan fingerprint density at radius 1 is 1.06 bits per heavy atom. The van der Waals surface area contributed by atoms with E-state index in [1.807, 2.05) is 68.4 Å². The van der Waals surface area contributed by atoms with Crippen molar-refractivity contribution < 1.29 is 19.1 Å². The maximum atomic E-state index is 13.0. The summed E-state index contributed by atoms with van der Waals surface area (Å²) in [4.78, 5) is 30.7. The third-order valence-electron chi connectivity index (χ3n) is 5.73. The SMILES string of the molecule is CCCOC(=O)C1C(C)=NC2=C(C(=O)CCC2)[C@@H]1c1cccc(Oc2ccccc2)c1. The van der Waals surface area contributed by atoms with Gasteiger partial charge in [0.05, 0.1) is 6.61 Å². The van der Waals surface area contributed by atoms with Crippen molar-refractivity contribution in [2.24, 2.45) is 10.9 Å². The zero-order valence-corrected chi connectivity index (χ0v) is 18.0. The summed E-state index contributed by atoms with van der Waals surface area (Å²) in [5.74, 6) is 0.115. The van der Waals surface area contributed by atoms with Gasteiger partial charge in [-0.2, -0.15) is 0 Å². The Labute approximate surface area is 182 Å². The molecule has 0 radical (unpaired) electrons. The van der Waals surface area contributed by atoms with Gasteiger partial charge in [0.25, 0.3) is 0 Å². The van der Waals surface area contributed by atoms with Gasteiger partial charge in [-0.3, -0.25) is 14.6 Å². The van der Waals surface area contributed by atoms with Gasteiger partial charge in [0.2, 0.25) is 0 Å². The smallest absolute Gasteiger partial charge is 0.315 e. The maximum Gasteiger partial charge on any atom is 0.315 e. The Balaban J connectivity index is 1.75. The summed E-state index contributed by atoms with van der Waals surface area (Å²) in [6.07, 6.45) is 2.78. The van der Waals surface area contributed by atoms with E-state index >= 15 is 0 Å². The van der Waals surface area contributed by atoms with Crippen molar-refractivity contribution in [3.8, 4) is 11.5 Å². The van der Waals surface area contributed by atoms with Crippen molar-refractivity contribution in [3.05, 3.63) is 71.4 Å². The Morgan fingerprint density at radius 2 is 1.84 bits per heavy atom.